The molecule has 1 rings (SSSR count). The van der Waals surface area contributed by atoms with Crippen LogP contribution in [-0.4, -0.2) is 29.5 Å². The molecule has 0 aliphatic carbocycles. The molecule has 0 amide bonds. The molecular formula is C12H19N3. The first kappa shape index (κ1) is 11.7. The Hall–Kier alpha value is -1.38. The highest BCUT2D eigenvalue weighted by Crippen LogP contribution is 1.99. The second-order valence-electron chi connectivity index (χ2n) is 4.11. The van der Waals surface area contributed by atoms with Crippen LogP contribution < -0.4 is 0 Å². The Kier molecular flexibility index (Phi) is 4.28. The van der Waals surface area contributed by atoms with Gasteiger partial charge in [0.25, 0.3) is 0 Å². The van der Waals surface area contributed by atoms with Crippen molar-refractivity contribution in [1.29, 1.82) is 0 Å². The standard InChI is InChI=1S/C12H19N3/c1-9(2)13-7-11-5-6-12(15-11)8-14-10(3)4/h5-10,15H,1-4H3. The smallest absolute Gasteiger partial charge is 0.0567 e. The van der Waals surface area contributed by atoms with E-state index in [0.717, 1.165) is 11.4 Å². The monoisotopic (exact) mass is 205 g/mol. The molecule has 1 heterocycles. The molecule has 0 fully saturated rings. The van der Waals surface area contributed by atoms with Crippen LogP contribution >= 0.6 is 0 Å². The number of aromatic nitrogens is 1. The van der Waals surface area contributed by atoms with Crippen molar-refractivity contribution in [2.75, 3.05) is 0 Å². The Balaban J connectivity index is 2.64. The summed E-state index contributed by atoms with van der Waals surface area (Å²) in [5.41, 5.74) is 2.04. The highest BCUT2D eigenvalue weighted by Gasteiger charge is 1.94. The second-order valence-corrected chi connectivity index (χ2v) is 4.11. The van der Waals surface area contributed by atoms with Gasteiger partial charge < -0.3 is 4.98 Å². The lowest BCUT2D eigenvalue weighted by molar-refractivity contribution is 0.840. The van der Waals surface area contributed by atoms with Crippen molar-refractivity contribution in [3.05, 3.63) is 23.5 Å². The van der Waals surface area contributed by atoms with Crippen molar-refractivity contribution in [2.24, 2.45) is 9.98 Å². The summed E-state index contributed by atoms with van der Waals surface area (Å²) in [5.74, 6) is 0. The average molecular weight is 205 g/mol. The van der Waals surface area contributed by atoms with Gasteiger partial charge in [0.1, 0.15) is 0 Å². The Morgan fingerprint density at radius 1 is 0.933 bits per heavy atom. The average Bonchev–Trinajstić information content (AvgIpc) is 2.59. The number of hydrogen-bond acceptors (Lipinski definition) is 2. The van der Waals surface area contributed by atoms with Crippen LogP contribution in [0.3, 0.4) is 0 Å². The predicted octanol–water partition coefficient (Wildman–Crippen LogP) is 2.67. The van der Waals surface area contributed by atoms with Crippen molar-refractivity contribution >= 4 is 12.4 Å². The first-order valence-corrected chi connectivity index (χ1v) is 5.33. The van der Waals surface area contributed by atoms with Gasteiger partial charge in [-0.3, -0.25) is 9.98 Å². The molecule has 15 heavy (non-hydrogen) atoms. The number of nitrogens with one attached hydrogen (secondary N) is 1. The van der Waals surface area contributed by atoms with Crippen LogP contribution in [0.25, 0.3) is 0 Å². The molecule has 1 N–H and O–H groups in total. The molecule has 1 aromatic heterocycles. The van der Waals surface area contributed by atoms with Crippen molar-refractivity contribution in [1.82, 2.24) is 4.98 Å². The van der Waals surface area contributed by atoms with Crippen LogP contribution in [0.2, 0.25) is 0 Å². The summed E-state index contributed by atoms with van der Waals surface area (Å²) in [6.07, 6.45) is 3.72. The van der Waals surface area contributed by atoms with Gasteiger partial charge in [-0.25, -0.2) is 0 Å². The molecule has 0 saturated heterocycles. The summed E-state index contributed by atoms with van der Waals surface area (Å²) in [4.78, 5) is 11.8. The van der Waals surface area contributed by atoms with Gasteiger partial charge in [-0.2, -0.15) is 0 Å². The van der Waals surface area contributed by atoms with Crippen molar-refractivity contribution in [3.63, 3.8) is 0 Å². The molecule has 0 bridgehead atoms. The molecule has 0 atom stereocenters. The molecule has 0 saturated carbocycles. The topological polar surface area (TPSA) is 40.5 Å². The first-order valence-electron chi connectivity index (χ1n) is 5.33. The Bertz CT molecular complexity index is 313. The highest BCUT2D eigenvalue weighted by atomic mass is 14.8. The zero-order valence-electron chi connectivity index (χ0n) is 9.86. The number of nitrogens with zero attached hydrogens (tertiary/aromatic N) is 2. The van der Waals surface area contributed by atoms with Crippen molar-refractivity contribution in [3.8, 4) is 0 Å². The van der Waals surface area contributed by atoms with Gasteiger partial charge in [0.05, 0.1) is 11.4 Å². The van der Waals surface area contributed by atoms with Gasteiger partial charge in [-0.15, -0.1) is 0 Å². The van der Waals surface area contributed by atoms with Crippen molar-refractivity contribution in [2.45, 2.75) is 39.8 Å². The Morgan fingerprint density at radius 2 is 1.33 bits per heavy atom. The number of aliphatic imine (C=N–C) groups is 2. The fourth-order valence-electron chi connectivity index (χ4n) is 1.04. The first-order chi connectivity index (χ1) is 7.08. The molecule has 0 aromatic carbocycles. The largest absolute Gasteiger partial charge is 0.353 e. The van der Waals surface area contributed by atoms with Crippen LogP contribution in [0, 0.1) is 0 Å². The quantitative estimate of drug-likeness (QED) is 0.734. The normalized spacial score (nSPS) is 12.7. The summed E-state index contributed by atoms with van der Waals surface area (Å²) in [5, 5.41) is 0. The van der Waals surface area contributed by atoms with Gasteiger partial charge in [0.2, 0.25) is 0 Å². The van der Waals surface area contributed by atoms with E-state index in [-0.39, 0.29) is 0 Å². The number of rotatable bonds is 4. The van der Waals surface area contributed by atoms with Gasteiger partial charge in [0.15, 0.2) is 0 Å². The van der Waals surface area contributed by atoms with E-state index in [1.165, 1.54) is 0 Å². The zero-order chi connectivity index (χ0) is 11.3. The zero-order valence-corrected chi connectivity index (χ0v) is 9.86. The lowest BCUT2D eigenvalue weighted by Gasteiger charge is -1.94. The van der Waals surface area contributed by atoms with Gasteiger partial charge >= 0.3 is 0 Å². The molecule has 3 heteroatoms. The maximum absolute atomic E-state index is 4.30. The van der Waals surface area contributed by atoms with E-state index in [2.05, 4.69) is 42.7 Å². The summed E-state index contributed by atoms with van der Waals surface area (Å²) in [6.45, 7) is 8.22. The third kappa shape index (κ3) is 4.58. The van der Waals surface area contributed by atoms with Crippen LogP contribution in [0.15, 0.2) is 22.1 Å². The SMILES string of the molecule is CC(C)N=Cc1ccc(C=NC(C)C)[nH]1. The number of H-pyrrole nitrogens is 1. The Morgan fingerprint density at radius 3 is 1.67 bits per heavy atom. The third-order valence-corrected chi connectivity index (χ3v) is 1.75. The van der Waals surface area contributed by atoms with E-state index in [1.54, 1.807) is 0 Å². The molecule has 0 radical (unpaired) electrons. The second kappa shape index (κ2) is 5.49. The lowest BCUT2D eigenvalue weighted by atomic mass is 10.4. The predicted molar refractivity (Wildman–Crippen MR) is 66.3 cm³/mol. The van der Waals surface area contributed by atoms with Gasteiger partial charge in [-0.1, -0.05) is 0 Å². The molecule has 82 valence electrons. The third-order valence-electron chi connectivity index (χ3n) is 1.75. The number of aromatic amines is 1. The Labute approximate surface area is 91.4 Å². The van der Waals surface area contributed by atoms with Crippen LogP contribution in [-0.2, 0) is 0 Å². The number of hydrogen-bond donors (Lipinski definition) is 1. The fraction of sp³-hybridized carbons (Fsp3) is 0.500. The molecule has 0 aliphatic rings. The molecule has 1 aromatic rings. The molecular weight excluding hydrogens is 186 g/mol. The fourth-order valence-corrected chi connectivity index (χ4v) is 1.04. The van der Waals surface area contributed by atoms with E-state index in [9.17, 15) is 0 Å². The summed E-state index contributed by atoms with van der Waals surface area (Å²) in [6, 6.07) is 4.68. The van der Waals surface area contributed by atoms with E-state index >= 15 is 0 Å². The molecule has 0 aliphatic heterocycles. The minimum atomic E-state index is 0.334. The van der Waals surface area contributed by atoms with E-state index in [1.807, 2.05) is 24.6 Å². The van der Waals surface area contributed by atoms with Gasteiger partial charge in [-0.05, 0) is 39.8 Å². The molecule has 0 spiro atoms. The summed E-state index contributed by atoms with van der Waals surface area (Å²) in [7, 11) is 0. The lowest BCUT2D eigenvalue weighted by Crippen LogP contribution is -1.92. The highest BCUT2D eigenvalue weighted by molar-refractivity contribution is 5.83. The van der Waals surface area contributed by atoms with E-state index in [0.29, 0.717) is 12.1 Å². The van der Waals surface area contributed by atoms with Crippen LogP contribution in [0.5, 0.6) is 0 Å². The van der Waals surface area contributed by atoms with E-state index in [4.69, 9.17) is 0 Å². The minimum Gasteiger partial charge on any atom is -0.353 e. The maximum Gasteiger partial charge on any atom is 0.0567 e. The van der Waals surface area contributed by atoms with Crippen molar-refractivity contribution < 1.29 is 0 Å². The summed E-state index contributed by atoms with van der Waals surface area (Å²) >= 11 is 0. The van der Waals surface area contributed by atoms with Crippen LogP contribution in [0.4, 0.5) is 0 Å². The summed E-state index contributed by atoms with van der Waals surface area (Å²) < 4.78 is 0. The molecule has 0 unspecified atom stereocenters. The molecule has 3 nitrogen and oxygen atoms in total. The van der Waals surface area contributed by atoms with Crippen LogP contribution in [0.1, 0.15) is 39.1 Å². The van der Waals surface area contributed by atoms with E-state index < -0.39 is 0 Å². The minimum absolute atomic E-state index is 0.334. The van der Waals surface area contributed by atoms with Gasteiger partial charge in [0, 0.05) is 24.5 Å². The maximum atomic E-state index is 4.30.